The van der Waals surface area contributed by atoms with Gasteiger partial charge in [-0.25, -0.2) is 9.37 Å². The molecule has 0 spiro atoms. The van der Waals surface area contributed by atoms with Gasteiger partial charge in [0.15, 0.2) is 5.92 Å². The highest BCUT2D eigenvalue weighted by Crippen LogP contribution is 2.41. The maximum Gasteiger partial charge on any atom is 0.321 e. The van der Waals surface area contributed by atoms with Crippen molar-refractivity contribution in [3.63, 3.8) is 0 Å². The third-order valence-electron chi connectivity index (χ3n) is 6.14. The second kappa shape index (κ2) is 9.09. The summed E-state index contributed by atoms with van der Waals surface area (Å²) in [5.74, 6) is -2.19. The summed E-state index contributed by atoms with van der Waals surface area (Å²) in [6.07, 6.45) is 0.593. The number of carbonyl (C=O) groups is 2. The molecule has 7 heteroatoms. The molecule has 1 aromatic heterocycles. The van der Waals surface area contributed by atoms with E-state index in [2.05, 4.69) is 0 Å². The number of amides is 1. The Morgan fingerprint density at radius 2 is 1.79 bits per heavy atom. The lowest BCUT2D eigenvalue weighted by Gasteiger charge is -2.38. The molecule has 4 aromatic rings. The van der Waals surface area contributed by atoms with Crippen molar-refractivity contribution in [2.75, 3.05) is 18.1 Å². The van der Waals surface area contributed by atoms with Gasteiger partial charge in [-0.2, -0.15) is 0 Å². The van der Waals surface area contributed by atoms with E-state index in [9.17, 15) is 14.0 Å². The van der Waals surface area contributed by atoms with Crippen LogP contribution in [0.25, 0.3) is 11.0 Å². The second-order valence-electron chi connectivity index (χ2n) is 8.23. The Kier molecular flexibility index (Phi) is 5.84. The Morgan fingerprint density at radius 3 is 2.56 bits per heavy atom. The fourth-order valence-electron chi connectivity index (χ4n) is 4.64. The Labute approximate surface area is 196 Å². The summed E-state index contributed by atoms with van der Waals surface area (Å²) < 4.78 is 21.5. The van der Waals surface area contributed by atoms with E-state index in [0.717, 1.165) is 11.1 Å². The van der Waals surface area contributed by atoms with Crippen LogP contribution in [0.4, 0.5) is 10.3 Å². The van der Waals surface area contributed by atoms with E-state index in [1.54, 1.807) is 24.0 Å². The topological polar surface area (TPSA) is 64.4 Å². The average molecular weight is 458 g/mol. The quantitative estimate of drug-likeness (QED) is 0.315. The van der Waals surface area contributed by atoms with Gasteiger partial charge in [0.25, 0.3) is 0 Å². The fraction of sp³-hybridized carbons (Fsp3) is 0.222. The first-order valence-corrected chi connectivity index (χ1v) is 11.3. The maximum absolute atomic E-state index is 14.3. The number of halogens is 1. The number of esters is 1. The van der Waals surface area contributed by atoms with E-state index in [-0.39, 0.29) is 6.61 Å². The van der Waals surface area contributed by atoms with Crippen LogP contribution in [0, 0.1) is 11.7 Å². The lowest BCUT2D eigenvalue weighted by atomic mass is 9.89. The number of rotatable bonds is 6. The number of aromatic nitrogens is 2. The van der Waals surface area contributed by atoms with Gasteiger partial charge >= 0.3 is 5.97 Å². The molecule has 0 N–H and O–H groups in total. The highest BCUT2D eigenvalue weighted by molar-refractivity contribution is 6.08. The molecule has 0 fully saturated rings. The van der Waals surface area contributed by atoms with Gasteiger partial charge in [-0.15, -0.1) is 0 Å². The minimum atomic E-state index is -1.16. The van der Waals surface area contributed by atoms with Crippen molar-refractivity contribution in [1.82, 2.24) is 9.55 Å². The molecule has 34 heavy (non-hydrogen) atoms. The number of ether oxygens (including phenoxy) is 1. The number of nitrogens with zero attached hydrogens (tertiary/aromatic N) is 3. The van der Waals surface area contributed by atoms with Crippen molar-refractivity contribution in [1.29, 1.82) is 0 Å². The molecule has 6 nitrogen and oxygen atoms in total. The summed E-state index contributed by atoms with van der Waals surface area (Å²) in [4.78, 5) is 33.3. The lowest BCUT2D eigenvalue weighted by molar-refractivity contribution is -0.153. The predicted octanol–water partition coefficient (Wildman–Crippen LogP) is 4.53. The Morgan fingerprint density at radius 1 is 1.03 bits per heavy atom. The highest BCUT2D eigenvalue weighted by Gasteiger charge is 2.47. The van der Waals surface area contributed by atoms with Crippen molar-refractivity contribution in [3.8, 4) is 0 Å². The number of carbonyl (C=O) groups excluding carboxylic acids is 2. The van der Waals surface area contributed by atoms with Crippen molar-refractivity contribution in [2.24, 2.45) is 5.92 Å². The molecule has 0 saturated heterocycles. The molecule has 2 heterocycles. The number of para-hydroxylation sites is 2. The number of imidazole rings is 1. The van der Waals surface area contributed by atoms with Gasteiger partial charge < -0.3 is 9.30 Å². The first-order chi connectivity index (χ1) is 16.6. The molecule has 0 unspecified atom stereocenters. The summed E-state index contributed by atoms with van der Waals surface area (Å²) in [5.41, 5.74) is 3.04. The van der Waals surface area contributed by atoms with Gasteiger partial charge in [0.05, 0.1) is 23.7 Å². The molecular weight excluding hydrogens is 433 g/mol. The largest absolute Gasteiger partial charge is 0.465 e. The number of benzene rings is 3. The Bertz CT molecular complexity index is 1350. The highest BCUT2D eigenvalue weighted by atomic mass is 19.1. The van der Waals surface area contributed by atoms with Gasteiger partial charge in [0.1, 0.15) is 5.82 Å². The van der Waals surface area contributed by atoms with Gasteiger partial charge in [0, 0.05) is 6.54 Å². The van der Waals surface area contributed by atoms with E-state index in [1.807, 2.05) is 59.2 Å². The monoisotopic (exact) mass is 457 g/mol. The maximum atomic E-state index is 14.3. The van der Waals surface area contributed by atoms with Crippen LogP contribution in [-0.2, 0) is 20.7 Å². The zero-order chi connectivity index (χ0) is 23.7. The van der Waals surface area contributed by atoms with Gasteiger partial charge in [-0.1, -0.05) is 54.6 Å². The normalized spacial score (nSPS) is 17.6. The summed E-state index contributed by atoms with van der Waals surface area (Å²) in [6, 6.07) is 22.6. The molecule has 0 bridgehead atoms. The standard InChI is InChI=1S/C27H24FN3O3/c1-2-34-26(33)23-24(19-11-8-12-20(28)17-19)31-22-14-7-6-13-21(22)29-27(31)30(25(23)32)16-15-18-9-4-3-5-10-18/h3-14,17,23-24H,2,15-16H2,1H3/t23-,24-/m1/s1. The zero-order valence-electron chi connectivity index (χ0n) is 18.7. The minimum absolute atomic E-state index is 0.139. The second-order valence-corrected chi connectivity index (χ2v) is 8.23. The molecular formula is C27H24FN3O3. The number of hydrogen-bond donors (Lipinski definition) is 0. The first kappa shape index (κ1) is 21.8. The van der Waals surface area contributed by atoms with E-state index in [0.29, 0.717) is 30.0 Å². The van der Waals surface area contributed by atoms with Crippen LogP contribution in [0.15, 0.2) is 78.9 Å². The summed E-state index contributed by atoms with van der Waals surface area (Å²) >= 11 is 0. The van der Waals surface area contributed by atoms with Crippen molar-refractivity contribution < 1.29 is 18.7 Å². The first-order valence-electron chi connectivity index (χ1n) is 11.3. The lowest BCUT2D eigenvalue weighted by Crippen LogP contribution is -2.50. The number of hydrogen-bond acceptors (Lipinski definition) is 4. The van der Waals surface area contributed by atoms with Crippen LogP contribution in [0.2, 0.25) is 0 Å². The molecule has 1 aliphatic rings. The van der Waals surface area contributed by atoms with Gasteiger partial charge in [-0.05, 0) is 48.7 Å². The smallest absolute Gasteiger partial charge is 0.321 e. The molecule has 0 saturated carbocycles. The van der Waals surface area contributed by atoms with Crippen LogP contribution in [0.3, 0.4) is 0 Å². The number of anilines is 1. The van der Waals surface area contributed by atoms with E-state index in [1.165, 1.54) is 12.1 Å². The van der Waals surface area contributed by atoms with Crippen molar-refractivity contribution in [3.05, 3.63) is 95.8 Å². The summed E-state index contributed by atoms with van der Waals surface area (Å²) in [7, 11) is 0. The molecule has 0 radical (unpaired) electrons. The third-order valence-corrected chi connectivity index (χ3v) is 6.14. The molecule has 5 rings (SSSR count). The van der Waals surface area contributed by atoms with E-state index < -0.39 is 29.7 Å². The zero-order valence-corrected chi connectivity index (χ0v) is 18.7. The van der Waals surface area contributed by atoms with Crippen LogP contribution >= 0.6 is 0 Å². The van der Waals surface area contributed by atoms with E-state index in [4.69, 9.17) is 9.72 Å². The van der Waals surface area contributed by atoms with Gasteiger partial charge in [-0.3, -0.25) is 14.5 Å². The Balaban J connectivity index is 1.69. The molecule has 1 amide bonds. The number of fused-ring (bicyclic) bond motifs is 3. The predicted molar refractivity (Wildman–Crippen MR) is 127 cm³/mol. The van der Waals surface area contributed by atoms with Gasteiger partial charge in [0.2, 0.25) is 11.9 Å². The van der Waals surface area contributed by atoms with Crippen LogP contribution in [0.1, 0.15) is 24.1 Å². The van der Waals surface area contributed by atoms with E-state index >= 15 is 0 Å². The SMILES string of the molecule is CCOC(=O)[C@H]1C(=O)N(CCc2ccccc2)c2nc3ccccc3n2[C@@H]1c1cccc(F)c1. The molecule has 0 aliphatic carbocycles. The summed E-state index contributed by atoms with van der Waals surface area (Å²) in [6.45, 7) is 2.19. The Hall–Kier alpha value is -4.00. The molecule has 1 aliphatic heterocycles. The molecule has 172 valence electrons. The minimum Gasteiger partial charge on any atom is -0.465 e. The van der Waals surface area contributed by atoms with Crippen molar-refractivity contribution in [2.45, 2.75) is 19.4 Å². The van der Waals surface area contributed by atoms with Crippen LogP contribution in [0.5, 0.6) is 0 Å². The van der Waals surface area contributed by atoms with Crippen LogP contribution in [-0.4, -0.2) is 34.6 Å². The fourth-order valence-corrected chi connectivity index (χ4v) is 4.64. The third kappa shape index (κ3) is 3.83. The van der Waals surface area contributed by atoms with Crippen LogP contribution < -0.4 is 4.90 Å². The van der Waals surface area contributed by atoms with Crippen molar-refractivity contribution >= 4 is 28.9 Å². The molecule has 2 atom stereocenters. The average Bonchev–Trinajstić information content (AvgIpc) is 3.22. The molecule has 3 aromatic carbocycles. The summed E-state index contributed by atoms with van der Waals surface area (Å²) in [5, 5.41) is 0.